The highest BCUT2D eigenvalue weighted by Gasteiger charge is 2.46. The van der Waals surface area contributed by atoms with E-state index in [0.717, 1.165) is 5.57 Å². The van der Waals surface area contributed by atoms with Crippen LogP contribution < -0.4 is 5.32 Å². The zero-order chi connectivity index (χ0) is 18.1. The predicted molar refractivity (Wildman–Crippen MR) is 87.5 cm³/mol. The molecule has 1 unspecified atom stereocenters. The highest BCUT2D eigenvalue weighted by Crippen LogP contribution is 2.33. The number of fused-ring (bicyclic) bond motifs is 1. The molecule has 4 nitrogen and oxygen atoms in total. The number of carbonyl (C=O) groups excluding carboxylic acids is 1. The summed E-state index contributed by atoms with van der Waals surface area (Å²) in [6, 6.07) is 0. The summed E-state index contributed by atoms with van der Waals surface area (Å²) < 4.78 is 38.2. The van der Waals surface area contributed by atoms with Gasteiger partial charge in [0.05, 0.1) is 12.1 Å². The molecule has 2 heterocycles. The summed E-state index contributed by atoms with van der Waals surface area (Å²) in [6.45, 7) is 4.98. The van der Waals surface area contributed by atoms with Crippen molar-refractivity contribution in [2.45, 2.75) is 58.2 Å². The van der Waals surface area contributed by atoms with Gasteiger partial charge in [-0.15, -0.1) is 0 Å². The minimum atomic E-state index is -4.31. The molecule has 1 saturated heterocycles. The summed E-state index contributed by atoms with van der Waals surface area (Å²) in [5.74, 6) is -0.0231. The number of aliphatic imine (C=N–C) groups is 1. The molecule has 0 aliphatic carbocycles. The summed E-state index contributed by atoms with van der Waals surface area (Å²) in [5, 5.41) is 3.06. The fraction of sp³-hybridized carbons (Fsp3) is 0.625. The molecule has 0 aromatic rings. The van der Waals surface area contributed by atoms with Crippen LogP contribution in [0, 0.1) is 0 Å². The van der Waals surface area contributed by atoms with E-state index in [0.29, 0.717) is 30.8 Å². The third-order valence-corrected chi connectivity index (χ3v) is 4.96. The number of carbonyl (C=O) groups is 1. The lowest BCUT2D eigenvalue weighted by Crippen LogP contribution is -2.64. The van der Waals surface area contributed by atoms with Crippen LogP contribution in [0.5, 0.6) is 0 Å². The van der Waals surface area contributed by atoms with Crippen molar-refractivity contribution in [3.05, 3.63) is 22.5 Å². The molecule has 2 aliphatic rings. The predicted octanol–water partition coefficient (Wildman–Crippen LogP) is 4.09. The van der Waals surface area contributed by atoms with Gasteiger partial charge in [0.15, 0.2) is 5.84 Å². The Hall–Kier alpha value is -1.50. The van der Waals surface area contributed by atoms with Crippen LogP contribution >= 0.6 is 11.6 Å². The van der Waals surface area contributed by atoms with Gasteiger partial charge in [-0.1, -0.05) is 31.5 Å². The first kappa shape index (κ1) is 18.8. The molecule has 0 aromatic heterocycles. The molecule has 8 heteroatoms. The van der Waals surface area contributed by atoms with Gasteiger partial charge >= 0.3 is 6.18 Å². The number of alkyl halides is 3. The van der Waals surface area contributed by atoms with Crippen molar-refractivity contribution in [3.8, 4) is 0 Å². The molecule has 0 spiro atoms. The Kier molecular flexibility index (Phi) is 5.32. The van der Waals surface area contributed by atoms with Gasteiger partial charge in [0.2, 0.25) is 5.91 Å². The molecule has 0 aromatic carbocycles. The number of rotatable bonds is 4. The van der Waals surface area contributed by atoms with Crippen molar-refractivity contribution >= 4 is 23.3 Å². The standard InChI is InChI=1S/C16H21ClF3N3O/c1-4-10-6-7-11-13(22-12(10)17)23(9-8-16(18,19)20)15(3,5-2)14(24)21-11/h7H,4-6,8-9H2,1-3H3,(H,21,24). The summed E-state index contributed by atoms with van der Waals surface area (Å²) in [5.41, 5.74) is 0.207. The number of amidine groups is 1. The first-order valence-electron chi connectivity index (χ1n) is 7.95. The van der Waals surface area contributed by atoms with E-state index >= 15 is 0 Å². The van der Waals surface area contributed by atoms with Crippen LogP contribution in [0.4, 0.5) is 13.2 Å². The SMILES string of the molecule is CCC1=C(Cl)N=C2C(=CC1)NC(=O)C(C)(CC)N2CCC(F)(F)F. The average Bonchev–Trinajstić information content (AvgIpc) is 2.65. The Bertz CT molecular complexity index is 625. The maximum absolute atomic E-state index is 12.7. The minimum Gasteiger partial charge on any atom is -0.340 e. The van der Waals surface area contributed by atoms with E-state index in [1.165, 1.54) is 4.90 Å². The van der Waals surface area contributed by atoms with Gasteiger partial charge in [-0.05, 0) is 31.8 Å². The molecule has 1 amide bonds. The monoisotopic (exact) mass is 363 g/mol. The number of hydrogen-bond acceptors (Lipinski definition) is 3. The quantitative estimate of drug-likeness (QED) is 0.765. The van der Waals surface area contributed by atoms with E-state index in [-0.39, 0.29) is 17.6 Å². The lowest BCUT2D eigenvalue weighted by Gasteiger charge is -2.46. The van der Waals surface area contributed by atoms with Crippen LogP contribution in [-0.2, 0) is 4.79 Å². The number of hydrogen-bond donors (Lipinski definition) is 1. The van der Waals surface area contributed by atoms with Crippen LogP contribution in [-0.4, -0.2) is 34.9 Å². The van der Waals surface area contributed by atoms with E-state index in [1.54, 1.807) is 19.9 Å². The van der Waals surface area contributed by atoms with Crippen molar-refractivity contribution < 1.29 is 18.0 Å². The maximum Gasteiger partial charge on any atom is 0.390 e. The van der Waals surface area contributed by atoms with E-state index in [4.69, 9.17) is 11.6 Å². The summed E-state index contributed by atoms with van der Waals surface area (Å²) >= 11 is 6.23. The summed E-state index contributed by atoms with van der Waals surface area (Å²) in [4.78, 5) is 18.3. The first-order valence-corrected chi connectivity index (χ1v) is 8.32. The van der Waals surface area contributed by atoms with Crippen LogP contribution in [0.2, 0.25) is 0 Å². The van der Waals surface area contributed by atoms with Crippen LogP contribution in [0.3, 0.4) is 0 Å². The van der Waals surface area contributed by atoms with Crippen molar-refractivity contribution in [2.24, 2.45) is 4.99 Å². The molecule has 0 bridgehead atoms. The molecule has 134 valence electrons. The molecule has 2 aliphatic heterocycles. The number of allylic oxidation sites excluding steroid dienone is 2. The van der Waals surface area contributed by atoms with E-state index in [9.17, 15) is 18.0 Å². The van der Waals surface area contributed by atoms with Crippen LogP contribution in [0.15, 0.2) is 27.5 Å². The van der Waals surface area contributed by atoms with Gasteiger partial charge in [0, 0.05) is 6.54 Å². The number of amides is 1. The van der Waals surface area contributed by atoms with Crippen LogP contribution in [0.1, 0.15) is 46.5 Å². The normalized spacial score (nSPS) is 25.0. The smallest absolute Gasteiger partial charge is 0.340 e. The van der Waals surface area contributed by atoms with Crippen molar-refractivity contribution in [3.63, 3.8) is 0 Å². The fourth-order valence-electron chi connectivity index (χ4n) is 2.79. The molecular weight excluding hydrogens is 343 g/mol. The maximum atomic E-state index is 12.7. The number of piperazine rings is 1. The van der Waals surface area contributed by atoms with Gasteiger partial charge < -0.3 is 10.2 Å². The Labute approximate surface area is 144 Å². The second-order valence-electron chi connectivity index (χ2n) is 6.10. The van der Waals surface area contributed by atoms with Gasteiger partial charge in [-0.25, -0.2) is 4.99 Å². The molecule has 1 fully saturated rings. The highest BCUT2D eigenvalue weighted by molar-refractivity contribution is 6.31. The van der Waals surface area contributed by atoms with Crippen LogP contribution in [0.25, 0.3) is 0 Å². The molecule has 1 N–H and O–H groups in total. The van der Waals surface area contributed by atoms with Gasteiger partial charge in [-0.3, -0.25) is 4.79 Å². The largest absolute Gasteiger partial charge is 0.390 e. The highest BCUT2D eigenvalue weighted by atomic mass is 35.5. The fourth-order valence-corrected chi connectivity index (χ4v) is 3.08. The zero-order valence-corrected chi connectivity index (χ0v) is 14.7. The molecule has 24 heavy (non-hydrogen) atoms. The van der Waals surface area contributed by atoms with Gasteiger partial charge in [0.1, 0.15) is 10.7 Å². The number of halogens is 4. The van der Waals surface area contributed by atoms with E-state index < -0.39 is 18.1 Å². The zero-order valence-electron chi connectivity index (χ0n) is 13.9. The van der Waals surface area contributed by atoms with Gasteiger partial charge in [-0.2, -0.15) is 13.2 Å². The first-order chi connectivity index (χ1) is 11.1. The Morgan fingerprint density at radius 3 is 2.62 bits per heavy atom. The second-order valence-corrected chi connectivity index (χ2v) is 6.46. The van der Waals surface area contributed by atoms with Crippen molar-refractivity contribution in [1.29, 1.82) is 0 Å². The summed E-state index contributed by atoms with van der Waals surface area (Å²) in [6.07, 6.45) is -2.03. The third-order valence-electron chi connectivity index (χ3n) is 4.61. The average molecular weight is 364 g/mol. The molecular formula is C16H21ClF3N3O. The number of nitrogens with zero attached hydrogens (tertiary/aromatic N) is 2. The Morgan fingerprint density at radius 2 is 2.08 bits per heavy atom. The topological polar surface area (TPSA) is 44.7 Å². The van der Waals surface area contributed by atoms with E-state index in [2.05, 4.69) is 10.3 Å². The van der Waals surface area contributed by atoms with Crippen molar-refractivity contribution in [2.75, 3.05) is 6.54 Å². The Balaban J connectivity index is 2.49. The molecule has 1 atom stereocenters. The van der Waals surface area contributed by atoms with Crippen molar-refractivity contribution in [1.82, 2.24) is 10.2 Å². The number of nitrogens with one attached hydrogen (secondary N) is 1. The lowest BCUT2D eigenvalue weighted by atomic mass is 9.91. The Morgan fingerprint density at radius 1 is 1.42 bits per heavy atom. The summed E-state index contributed by atoms with van der Waals surface area (Å²) in [7, 11) is 0. The van der Waals surface area contributed by atoms with E-state index in [1.807, 2.05) is 6.92 Å². The molecule has 0 radical (unpaired) electrons. The third kappa shape index (κ3) is 3.61. The minimum absolute atomic E-state index is 0.283. The molecule has 2 rings (SSSR count). The second kappa shape index (κ2) is 6.78. The van der Waals surface area contributed by atoms with Gasteiger partial charge in [0.25, 0.3) is 0 Å². The lowest BCUT2D eigenvalue weighted by molar-refractivity contribution is -0.144. The molecule has 0 saturated carbocycles.